The lowest BCUT2D eigenvalue weighted by Gasteiger charge is -2.11. The molecule has 0 aromatic heterocycles. The summed E-state index contributed by atoms with van der Waals surface area (Å²) in [6.45, 7) is 5.08. The summed E-state index contributed by atoms with van der Waals surface area (Å²) in [5.74, 6) is 1.56. The highest BCUT2D eigenvalue weighted by atomic mass is 16.4. The van der Waals surface area contributed by atoms with E-state index in [0.29, 0.717) is 6.92 Å². The maximum Gasteiger partial charge on any atom is 0.298 e. The fourth-order valence-corrected chi connectivity index (χ4v) is 1.88. The zero-order valence-electron chi connectivity index (χ0n) is 6.55. The summed E-state index contributed by atoms with van der Waals surface area (Å²) in [6.07, 6.45) is 2.69. The number of hydrogen-bond donors (Lipinski definition) is 0. The first-order chi connectivity index (χ1) is 4.25. The van der Waals surface area contributed by atoms with Crippen LogP contribution in [0.5, 0.6) is 0 Å². The summed E-state index contributed by atoms with van der Waals surface area (Å²) in [5, 5.41) is 0. The van der Waals surface area contributed by atoms with Gasteiger partial charge in [-0.3, -0.25) is 0 Å². The normalized spacial score (nSPS) is 35.7. The maximum atomic E-state index is 5.34. The van der Waals surface area contributed by atoms with E-state index < -0.39 is 0 Å². The molecule has 1 saturated heterocycles. The van der Waals surface area contributed by atoms with Crippen LogP contribution in [-0.2, 0) is 4.65 Å². The predicted octanol–water partition coefficient (Wildman–Crippen LogP) is 2.20. The average molecular weight is 126 g/mol. The van der Waals surface area contributed by atoms with E-state index in [2.05, 4.69) is 13.8 Å². The van der Waals surface area contributed by atoms with Crippen molar-refractivity contribution in [3.63, 3.8) is 0 Å². The van der Waals surface area contributed by atoms with Crippen molar-refractivity contribution in [1.29, 1.82) is 0 Å². The van der Waals surface area contributed by atoms with Gasteiger partial charge < -0.3 is 4.65 Å². The van der Waals surface area contributed by atoms with Gasteiger partial charge in [0.05, 0.1) is 0 Å². The Morgan fingerprint density at radius 3 is 1.89 bits per heavy atom. The highest BCUT2D eigenvalue weighted by Gasteiger charge is 2.34. The van der Waals surface area contributed by atoms with Gasteiger partial charge in [0.1, 0.15) is 0 Å². The average Bonchev–Trinajstić information content (AvgIpc) is 2.12. The fourth-order valence-electron chi connectivity index (χ4n) is 1.88. The van der Waals surface area contributed by atoms with Crippen molar-refractivity contribution in [3.05, 3.63) is 0 Å². The summed E-state index contributed by atoms with van der Waals surface area (Å²) >= 11 is 0. The molecular formula is C7H15BO. The van der Waals surface area contributed by atoms with E-state index in [1.54, 1.807) is 0 Å². The van der Waals surface area contributed by atoms with E-state index in [1.807, 2.05) is 7.11 Å². The van der Waals surface area contributed by atoms with Gasteiger partial charge in [0.2, 0.25) is 0 Å². The molecule has 1 rings (SSSR count). The van der Waals surface area contributed by atoms with Crippen molar-refractivity contribution < 1.29 is 4.65 Å². The van der Waals surface area contributed by atoms with Gasteiger partial charge in [0.25, 0.3) is 6.92 Å². The highest BCUT2D eigenvalue weighted by Crippen LogP contribution is 2.37. The molecule has 0 amide bonds. The van der Waals surface area contributed by atoms with Crippen LogP contribution in [0.1, 0.15) is 26.7 Å². The molecule has 0 aliphatic carbocycles. The summed E-state index contributed by atoms with van der Waals surface area (Å²) in [7, 11) is 1.82. The first-order valence-electron chi connectivity index (χ1n) is 3.78. The molecular weight excluding hydrogens is 111 g/mol. The van der Waals surface area contributed by atoms with Gasteiger partial charge in [0, 0.05) is 7.11 Å². The minimum Gasteiger partial charge on any atom is -0.438 e. The zero-order chi connectivity index (χ0) is 6.85. The van der Waals surface area contributed by atoms with Crippen LogP contribution in [-0.4, -0.2) is 14.0 Å². The second-order valence-corrected chi connectivity index (χ2v) is 3.23. The highest BCUT2D eigenvalue weighted by molar-refractivity contribution is 6.56. The van der Waals surface area contributed by atoms with Crippen LogP contribution in [0.3, 0.4) is 0 Å². The smallest absolute Gasteiger partial charge is 0.298 e. The Kier molecular flexibility index (Phi) is 2.17. The van der Waals surface area contributed by atoms with E-state index in [4.69, 9.17) is 4.65 Å². The number of rotatable bonds is 1. The third-order valence-corrected chi connectivity index (χ3v) is 2.47. The van der Waals surface area contributed by atoms with Crippen molar-refractivity contribution in [2.24, 2.45) is 0 Å². The Bertz CT molecular complexity index is 84.9. The van der Waals surface area contributed by atoms with Crippen LogP contribution in [0.2, 0.25) is 11.6 Å². The molecule has 2 atom stereocenters. The molecule has 1 heterocycles. The third kappa shape index (κ3) is 1.29. The van der Waals surface area contributed by atoms with Gasteiger partial charge in [-0.2, -0.15) is 0 Å². The maximum absolute atomic E-state index is 5.34. The van der Waals surface area contributed by atoms with Gasteiger partial charge in [-0.05, 0) is 11.6 Å². The second kappa shape index (κ2) is 2.74. The van der Waals surface area contributed by atoms with Crippen molar-refractivity contribution >= 4 is 6.92 Å². The predicted molar refractivity (Wildman–Crippen MR) is 40.8 cm³/mol. The fraction of sp³-hybridized carbons (Fsp3) is 1.00. The SMILES string of the molecule is COB1[C@H](C)CC[C@H]1C. The van der Waals surface area contributed by atoms with Crippen LogP contribution >= 0.6 is 0 Å². The standard InChI is InChI=1S/C7H15BO/c1-6-4-5-7(2)8(6)9-3/h6-7H,4-5H2,1-3H3/t6-,7-/m1/s1. The van der Waals surface area contributed by atoms with Crippen molar-refractivity contribution in [2.75, 3.05) is 7.11 Å². The molecule has 1 nitrogen and oxygen atoms in total. The van der Waals surface area contributed by atoms with Crippen LogP contribution in [0.15, 0.2) is 0 Å². The van der Waals surface area contributed by atoms with Crippen LogP contribution in [0.25, 0.3) is 0 Å². The van der Waals surface area contributed by atoms with Crippen molar-refractivity contribution in [3.8, 4) is 0 Å². The van der Waals surface area contributed by atoms with Gasteiger partial charge in [-0.25, -0.2) is 0 Å². The quantitative estimate of drug-likeness (QED) is 0.489. The van der Waals surface area contributed by atoms with Gasteiger partial charge in [-0.1, -0.05) is 26.7 Å². The molecule has 2 heteroatoms. The zero-order valence-corrected chi connectivity index (χ0v) is 6.55. The van der Waals surface area contributed by atoms with E-state index >= 15 is 0 Å². The molecule has 1 aliphatic heterocycles. The van der Waals surface area contributed by atoms with E-state index in [1.165, 1.54) is 12.8 Å². The molecule has 1 aliphatic rings. The molecule has 0 aromatic rings. The number of hydrogen-bond acceptors (Lipinski definition) is 1. The molecule has 9 heavy (non-hydrogen) atoms. The Morgan fingerprint density at radius 2 is 1.67 bits per heavy atom. The summed E-state index contributed by atoms with van der Waals surface area (Å²) in [6, 6.07) is 0. The van der Waals surface area contributed by atoms with Gasteiger partial charge in [-0.15, -0.1) is 0 Å². The first kappa shape index (κ1) is 7.14. The van der Waals surface area contributed by atoms with E-state index in [-0.39, 0.29) is 0 Å². The molecule has 0 saturated carbocycles. The molecule has 0 bridgehead atoms. The van der Waals surface area contributed by atoms with Crippen molar-refractivity contribution in [2.45, 2.75) is 38.3 Å². The molecule has 0 unspecified atom stereocenters. The summed E-state index contributed by atoms with van der Waals surface area (Å²) < 4.78 is 5.34. The van der Waals surface area contributed by atoms with Gasteiger partial charge in [0.15, 0.2) is 0 Å². The molecule has 52 valence electrons. The Hall–Kier alpha value is 0.0249. The Morgan fingerprint density at radius 1 is 1.22 bits per heavy atom. The Labute approximate surface area is 57.9 Å². The molecule has 0 spiro atoms. The minimum atomic E-state index is 0.532. The van der Waals surface area contributed by atoms with Crippen LogP contribution in [0, 0.1) is 0 Å². The summed E-state index contributed by atoms with van der Waals surface area (Å²) in [4.78, 5) is 0. The monoisotopic (exact) mass is 126 g/mol. The summed E-state index contributed by atoms with van der Waals surface area (Å²) in [5.41, 5.74) is 0. The van der Waals surface area contributed by atoms with Crippen LogP contribution < -0.4 is 0 Å². The minimum absolute atomic E-state index is 0.532. The van der Waals surface area contributed by atoms with E-state index in [0.717, 1.165) is 11.6 Å². The molecule has 0 radical (unpaired) electrons. The van der Waals surface area contributed by atoms with Crippen molar-refractivity contribution in [1.82, 2.24) is 0 Å². The lowest BCUT2D eigenvalue weighted by molar-refractivity contribution is 0.409. The largest absolute Gasteiger partial charge is 0.438 e. The third-order valence-electron chi connectivity index (χ3n) is 2.47. The first-order valence-corrected chi connectivity index (χ1v) is 3.78. The Balaban J connectivity index is 2.44. The molecule has 1 fully saturated rings. The lowest BCUT2D eigenvalue weighted by atomic mass is 9.53. The van der Waals surface area contributed by atoms with E-state index in [9.17, 15) is 0 Å². The second-order valence-electron chi connectivity index (χ2n) is 3.23. The van der Waals surface area contributed by atoms with Gasteiger partial charge >= 0.3 is 0 Å². The lowest BCUT2D eigenvalue weighted by Crippen LogP contribution is -2.19. The molecule has 0 aromatic carbocycles. The van der Waals surface area contributed by atoms with Crippen LogP contribution in [0.4, 0.5) is 0 Å². The topological polar surface area (TPSA) is 9.23 Å². The molecule has 0 N–H and O–H groups in total.